The highest BCUT2D eigenvalue weighted by Gasteiger charge is 2.18. The number of carbonyl (C=O) groups excluding carboxylic acids is 1. The predicted octanol–water partition coefficient (Wildman–Crippen LogP) is -0.418. The van der Waals surface area contributed by atoms with E-state index in [2.05, 4.69) is 10.3 Å². The third-order valence-corrected chi connectivity index (χ3v) is 3.88. The molecule has 0 radical (unpaired) electrons. The molecular formula is C11H17N3O4S. The van der Waals surface area contributed by atoms with Crippen molar-refractivity contribution in [3.8, 4) is 0 Å². The Kier molecular flexibility index (Phi) is 4.20. The van der Waals surface area contributed by atoms with Crippen molar-refractivity contribution in [3.05, 3.63) is 12.4 Å². The lowest BCUT2D eigenvalue weighted by molar-refractivity contribution is -0.122. The lowest BCUT2D eigenvalue weighted by Crippen LogP contribution is -2.34. The van der Waals surface area contributed by atoms with Crippen molar-refractivity contribution in [2.75, 3.05) is 19.4 Å². The molecule has 106 valence electrons. The SMILES string of the molecule is CS(=O)(=O)c1nccn1CC(=O)NCC1CCCO1. The highest BCUT2D eigenvalue weighted by molar-refractivity contribution is 7.90. The number of hydrogen-bond donors (Lipinski definition) is 1. The summed E-state index contributed by atoms with van der Waals surface area (Å²) in [5, 5.41) is 2.64. The summed E-state index contributed by atoms with van der Waals surface area (Å²) < 4.78 is 29.6. The summed E-state index contributed by atoms with van der Waals surface area (Å²) in [7, 11) is -3.42. The van der Waals surface area contributed by atoms with Gasteiger partial charge >= 0.3 is 0 Å². The van der Waals surface area contributed by atoms with Gasteiger partial charge in [-0.15, -0.1) is 0 Å². The Labute approximate surface area is 111 Å². The minimum absolute atomic E-state index is 0.0604. The zero-order valence-corrected chi connectivity index (χ0v) is 11.5. The maximum atomic E-state index is 11.7. The second-order valence-electron chi connectivity index (χ2n) is 4.55. The van der Waals surface area contributed by atoms with Crippen molar-refractivity contribution in [2.24, 2.45) is 0 Å². The molecule has 1 atom stereocenters. The Morgan fingerprint density at radius 3 is 3.05 bits per heavy atom. The van der Waals surface area contributed by atoms with E-state index in [-0.39, 0.29) is 23.7 Å². The van der Waals surface area contributed by atoms with E-state index in [0.29, 0.717) is 6.54 Å². The van der Waals surface area contributed by atoms with Crippen molar-refractivity contribution in [3.63, 3.8) is 0 Å². The first-order valence-corrected chi connectivity index (χ1v) is 7.95. The fourth-order valence-corrected chi connectivity index (χ4v) is 2.79. The number of nitrogens with one attached hydrogen (secondary N) is 1. The Morgan fingerprint density at radius 2 is 2.42 bits per heavy atom. The molecule has 1 aliphatic rings. The highest BCUT2D eigenvalue weighted by atomic mass is 32.2. The number of hydrogen-bond acceptors (Lipinski definition) is 5. The van der Waals surface area contributed by atoms with Gasteiger partial charge in [0, 0.05) is 31.8 Å². The van der Waals surface area contributed by atoms with Crippen molar-refractivity contribution in [2.45, 2.75) is 30.6 Å². The van der Waals surface area contributed by atoms with Crippen LogP contribution in [0, 0.1) is 0 Å². The standard InChI is InChI=1S/C11H17N3O4S/c1-19(16,17)11-12-4-5-14(11)8-10(15)13-7-9-3-2-6-18-9/h4-5,9H,2-3,6-8H2,1H3,(H,13,15). The first-order chi connectivity index (χ1) is 8.97. The molecule has 1 aromatic rings. The van der Waals surface area contributed by atoms with E-state index in [1.807, 2.05) is 0 Å². The van der Waals surface area contributed by atoms with E-state index in [4.69, 9.17) is 4.74 Å². The van der Waals surface area contributed by atoms with Gasteiger partial charge in [0.2, 0.25) is 20.9 Å². The van der Waals surface area contributed by atoms with Crippen LogP contribution in [0.25, 0.3) is 0 Å². The van der Waals surface area contributed by atoms with E-state index >= 15 is 0 Å². The smallest absolute Gasteiger partial charge is 0.240 e. The predicted molar refractivity (Wildman–Crippen MR) is 67.3 cm³/mol. The molecule has 0 bridgehead atoms. The number of nitrogens with zero attached hydrogens (tertiary/aromatic N) is 2. The van der Waals surface area contributed by atoms with E-state index in [9.17, 15) is 13.2 Å². The number of aromatic nitrogens is 2. The fourth-order valence-electron chi connectivity index (χ4n) is 1.99. The molecule has 7 nitrogen and oxygen atoms in total. The van der Waals surface area contributed by atoms with Crippen LogP contribution < -0.4 is 5.32 Å². The van der Waals surface area contributed by atoms with Gasteiger partial charge in [-0.3, -0.25) is 4.79 Å². The third kappa shape index (κ3) is 3.77. The van der Waals surface area contributed by atoms with Gasteiger partial charge in [-0.2, -0.15) is 0 Å². The molecule has 1 aliphatic heterocycles. The average molecular weight is 287 g/mol. The number of imidazole rings is 1. The van der Waals surface area contributed by atoms with Gasteiger partial charge in [0.25, 0.3) is 0 Å². The molecule has 2 rings (SSSR count). The second kappa shape index (κ2) is 5.70. The van der Waals surface area contributed by atoms with E-state index in [0.717, 1.165) is 25.7 Å². The number of amides is 1. The normalized spacial score (nSPS) is 19.5. The maximum absolute atomic E-state index is 11.7. The van der Waals surface area contributed by atoms with Gasteiger partial charge < -0.3 is 14.6 Å². The van der Waals surface area contributed by atoms with Crippen LogP contribution in [-0.4, -0.2) is 49.4 Å². The summed E-state index contributed by atoms with van der Waals surface area (Å²) >= 11 is 0. The van der Waals surface area contributed by atoms with Gasteiger partial charge in [-0.25, -0.2) is 13.4 Å². The van der Waals surface area contributed by atoms with Crippen LogP contribution in [0.15, 0.2) is 17.6 Å². The van der Waals surface area contributed by atoms with E-state index in [1.54, 1.807) is 0 Å². The molecule has 0 aromatic carbocycles. The molecule has 1 unspecified atom stereocenters. The Hall–Kier alpha value is -1.41. The molecule has 1 fully saturated rings. The molecule has 2 heterocycles. The minimum Gasteiger partial charge on any atom is -0.376 e. The van der Waals surface area contributed by atoms with Crippen LogP contribution in [0.2, 0.25) is 0 Å². The minimum atomic E-state index is -3.42. The Balaban J connectivity index is 1.90. The zero-order chi connectivity index (χ0) is 13.9. The van der Waals surface area contributed by atoms with Crippen molar-refractivity contribution < 1.29 is 17.9 Å². The fraction of sp³-hybridized carbons (Fsp3) is 0.636. The van der Waals surface area contributed by atoms with Crippen molar-refractivity contribution in [1.29, 1.82) is 0 Å². The molecule has 8 heteroatoms. The van der Waals surface area contributed by atoms with Crippen LogP contribution in [0.3, 0.4) is 0 Å². The summed E-state index contributed by atoms with van der Waals surface area (Å²) in [4.78, 5) is 15.5. The van der Waals surface area contributed by atoms with Crippen LogP contribution >= 0.6 is 0 Å². The van der Waals surface area contributed by atoms with Crippen molar-refractivity contribution in [1.82, 2.24) is 14.9 Å². The van der Waals surface area contributed by atoms with Gasteiger partial charge in [0.1, 0.15) is 6.54 Å². The Morgan fingerprint density at radius 1 is 1.63 bits per heavy atom. The molecule has 19 heavy (non-hydrogen) atoms. The number of sulfone groups is 1. The van der Waals surface area contributed by atoms with Crippen LogP contribution in [0.4, 0.5) is 0 Å². The van der Waals surface area contributed by atoms with Crippen LogP contribution in [-0.2, 0) is 25.9 Å². The summed E-state index contributed by atoms with van der Waals surface area (Å²) in [5.41, 5.74) is 0. The summed E-state index contributed by atoms with van der Waals surface area (Å²) in [6, 6.07) is 0. The third-order valence-electron chi connectivity index (χ3n) is 2.87. The number of rotatable bonds is 5. The molecule has 0 aliphatic carbocycles. The van der Waals surface area contributed by atoms with Crippen LogP contribution in [0.5, 0.6) is 0 Å². The zero-order valence-electron chi connectivity index (χ0n) is 10.7. The molecule has 0 saturated carbocycles. The largest absolute Gasteiger partial charge is 0.376 e. The quantitative estimate of drug-likeness (QED) is 0.794. The van der Waals surface area contributed by atoms with Crippen molar-refractivity contribution >= 4 is 15.7 Å². The molecule has 0 spiro atoms. The van der Waals surface area contributed by atoms with E-state index in [1.165, 1.54) is 17.0 Å². The lowest BCUT2D eigenvalue weighted by atomic mass is 10.2. The summed E-state index contributed by atoms with van der Waals surface area (Å²) in [5.74, 6) is -0.251. The Bertz CT molecular complexity index is 546. The maximum Gasteiger partial charge on any atom is 0.240 e. The van der Waals surface area contributed by atoms with Crippen LogP contribution in [0.1, 0.15) is 12.8 Å². The molecular weight excluding hydrogens is 270 g/mol. The lowest BCUT2D eigenvalue weighted by Gasteiger charge is -2.11. The van der Waals surface area contributed by atoms with Gasteiger partial charge in [-0.05, 0) is 12.8 Å². The van der Waals surface area contributed by atoms with Gasteiger partial charge in [0.05, 0.1) is 6.10 Å². The molecule has 1 amide bonds. The monoisotopic (exact) mass is 287 g/mol. The topological polar surface area (TPSA) is 90.3 Å². The summed E-state index contributed by atoms with van der Waals surface area (Å²) in [6.45, 7) is 1.14. The average Bonchev–Trinajstić information content (AvgIpc) is 2.95. The van der Waals surface area contributed by atoms with E-state index < -0.39 is 9.84 Å². The van der Waals surface area contributed by atoms with Gasteiger partial charge in [-0.1, -0.05) is 0 Å². The number of carbonyl (C=O) groups is 1. The summed E-state index contributed by atoms with van der Waals surface area (Å²) in [6.07, 6.45) is 5.93. The number of ether oxygens (including phenoxy) is 1. The van der Waals surface area contributed by atoms with Gasteiger partial charge in [0.15, 0.2) is 0 Å². The molecule has 1 aromatic heterocycles. The first-order valence-electron chi connectivity index (χ1n) is 6.06. The molecule has 1 N–H and O–H groups in total. The molecule has 1 saturated heterocycles. The first kappa shape index (κ1) is 14.0. The highest BCUT2D eigenvalue weighted by Crippen LogP contribution is 2.10. The second-order valence-corrected chi connectivity index (χ2v) is 6.46.